The van der Waals surface area contributed by atoms with Crippen LogP contribution in [-0.4, -0.2) is 36.8 Å². The van der Waals surface area contributed by atoms with Crippen molar-refractivity contribution in [2.75, 3.05) is 24.6 Å². The summed E-state index contributed by atoms with van der Waals surface area (Å²) in [6.45, 7) is 0.808. The van der Waals surface area contributed by atoms with Gasteiger partial charge in [-0.25, -0.2) is 23.2 Å². The number of aliphatic imine (C=N–C) groups is 2. The molecule has 0 fully saturated rings. The molecule has 0 unspecified atom stereocenters. The zero-order valence-corrected chi connectivity index (χ0v) is 8.40. The van der Waals surface area contributed by atoms with Crippen LogP contribution in [0.5, 0.6) is 0 Å². The van der Waals surface area contributed by atoms with Crippen LogP contribution >= 0.6 is 24.1 Å². The molecule has 0 aromatic heterocycles. The molecule has 0 radical (unpaired) electrons. The zero-order valence-electron chi connectivity index (χ0n) is 6.76. The molecule has 0 atom stereocenters. The molecule has 0 saturated carbocycles. The fourth-order valence-electron chi connectivity index (χ4n) is 0.359. The smallest absolute Gasteiger partial charge is 0.234 e. The fourth-order valence-corrected chi connectivity index (χ4v) is 1.51. The largest absolute Gasteiger partial charge is 0.247 e. The zero-order chi connectivity index (χ0) is 9.78. The molecule has 0 bridgehead atoms. The first-order chi connectivity index (χ1) is 6.41. The van der Waals surface area contributed by atoms with Crippen molar-refractivity contribution in [2.45, 2.75) is 0 Å². The fraction of sp³-hybridized carbons (Fsp3) is 0.667. The van der Waals surface area contributed by atoms with Crippen LogP contribution in [0, 0.1) is 0 Å². The molecule has 0 aromatic carbocycles. The molecule has 0 spiro atoms. The Morgan fingerprint density at radius 3 is 1.85 bits per heavy atom. The molecule has 0 rings (SSSR count). The summed E-state index contributed by atoms with van der Waals surface area (Å²) < 4.78 is 4.98. The Labute approximate surface area is 84.5 Å². The predicted molar refractivity (Wildman–Crippen MR) is 52.0 cm³/mol. The average molecular weight is 220 g/mol. The van der Waals surface area contributed by atoms with Crippen LogP contribution in [0.15, 0.2) is 9.98 Å². The standard InChI is InChI=1S/C6H8N2O3S2/c9-5-7-1-3-12-11-13-4-2-8-6-10/h1-4H2. The molecule has 13 heavy (non-hydrogen) atoms. The van der Waals surface area contributed by atoms with E-state index in [2.05, 4.69) is 9.98 Å². The molecule has 7 heteroatoms. The lowest BCUT2D eigenvalue weighted by molar-refractivity contribution is 0.562. The van der Waals surface area contributed by atoms with Crippen molar-refractivity contribution in [3.05, 3.63) is 0 Å². The van der Waals surface area contributed by atoms with Crippen LogP contribution in [0.4, 0.5) is 0 Å². The Morgan fingerprint density at radius 1 is 1.00 bits per heavy atom. The van der Waals surface area contributed by atoms with E-state index in [1.165, 1.54) is 36.2 Å². The van der Waals surface area contributed by atoms with E-state index in [1.807, 2.05) is 0 Å². The van der Waals surface area contributed by atoms with Crippen molar-refractivity contribution < 1.29 is 13.2 Å². The highest BCUT2D eigenvalue weighted by atomic mass is 32.2. The molecule has 0 aliphatic heterocycles. The third kappa shape index (κ3) is 11.4. The van der Waals surface area contributed by atoms with Gasteiger partial charge in [-0.05, 0) is 0 Å². The van der Waals surface area contributed by atoms with Crippen LogP contribution < -0.4 is 0 Å². The van der Waals surface area contributed by atoms with Gasteiger partial charge in [-0.3, -0.25) is 0 Å². The first kappa shape index (κ1) is 12.4. The Kier molecular flexibility index (Phi) is 10.9. The Hall–Kier alpha value is -0.580. The van der Waals surface area contributed by atoms with Gasteiger partial charge in [-0.15, -0.1) is 0 Å². The van der Waals surface area contributed by atoms with Gasteiger partial charge in [0, 0.05) is 35.6 Å². The second-order valence-corrected chi connectivity index (χ2v) is 3.49. The molecule has 0 aliphatic carbocycles. The van der Waals surface area contributed by atoms with Crippen LogP contribution in [0.25, 0.3) is 0 Å². The molecule has 0 heterocycles. The summed E-state index contributed by atoms with van der Waals surface area (Å²) in [6, 6.07) is 0. The monoisotopic (exact) mass is 220 g/mol. The van der Waals surface area contributed by atoms with Crippen molar-refractivity contribution >= 4 is 36.2 Å². The lowest BCUT2D eigenvalue weighted by atomic mass is 10.8. The number of isocyanates is 2. The van der Waals surface area contributed by atoms with Crippen molar-refractivity contribution in [1.82, 2.24) is 0 Å². The molecule has 0 saturated heterocycles. The van der Waals surface area contributed by atoms with E-state index in [9.17, 15) is 9.59 Å². The van der Waals surface area contributed by atoms with E-state index in [4.69, 9.17) is 3.63 Å². The summed E-state index contributed by atoms with van der Waals surface area (Å²) >= 11 is 2.40. The van der Waals surface area contributed by atoms with Crippen molar-refractivity contribution in [1.29, 1.82) is 0 Å². The first-order valence-electron chi connectivity index (χ1n) is 3.40. The molecular weight excluding hydrogens is 212 g/mol. The Balaban J connectivity index is 2.99. The molecular formula is C6H8N2O3S2. The number of carbonyl (C=O) groups excluding carboxylic acids is 2. The Morgan fingerprint density at radius 2 is 1.46 bits per heavy atom. The highest BCUT2D eigenvalue weighted by Crippen LogP contribution is 2.13. The molecule has 0 N–H and O–H groups in total. The van der Waals surface area contributed by atoms with E-state index < -0.39 is 0 Å². The minimum Gasteiger partial charge on any atom is -0.247 e. The third-order valence-corrected chi connectivity index (χ3v) is 2.27. The number of nitrogens with zero attached hydrogens (tertiary/aromatic N) is 2. The van der Waals surface area contributed by atoms with Crippen LogP contribution in [0.1, 0.15) is 0 Å². The van der Waals surface area contributed by atoms with E-state index in [0.717, 1.165) is 0 Å². The lowest BCUT2D eigenvalue weighted by Crippen LogP contribution is -1.86. The van der Waals surface area contributed by atoms with Gasteiger partial charge in [0.15, 0.2) is 0 Å². The van der Waals surface area contributed by atoms with Gasteiger partial charge in [-0.2, -0.15) is 0 Å². The minimum atomic E-state index is 0.404. The maximum atomic E-state index is 9.62. The van der Waals surface area contributed by atoms with Gasteiger partial charge >= 0.3 is 0 Å². The van der Waals surface area contributed by atoms with Crippen LogP contribution in [0.3, 0.4) is 0 Å². The molecule has 0 aromatic rings. The molecule has 0 amide bonds. The van der Waals surface area contributed by atoms with Gasteiger partial charge in [0.25, 0.3) is 0 Å². The van der Waals surface area contributed by atoms with E-state index in [1.54, 1.807) is 0 Å². The second-order valence-electron chi connectivity index (χ2n) is 1.66. The summed E-state index contributed by atoms with van der Waals surface area (Å²) in [5.41, 5.74) is 0. The van der Waals surface area contributed by atoms with Crippen molar-refractivity contribution in [3.63, 3.8) is 0 Å². The van der Waals surface area contributed by atoms with Gasteiger partial charge in [0.1, 0.15) is 0 Å². The summed E-state index contributed by atoms with van der Waals surface area (Å²) in [5.74, 6) is 1.22. The summed E-state index contributed by atoms with van der Waals surface area (Å²) in [6.07, 6.45) is 2.86. The summed E-state index contributed by atoms with van der Waals surface area (Å²) in [7, 11) is 0. The molecule has 0 aliphatic rings. The predicted octanol–water partition coefficient (Wildman–Crippen LogP) is 0.971. The second kappa shape index (κ2) is 11.4. The Bertz CT molecular complexity index is 190. The van der Waals surface area contributed by atoms with Gasteiger partial charge < -0.3 is 0 Å². The maximum absolute atomic E-state index is 9.62. The third-order valence-electron chi connectivity index (χ3n) is 0.798. The van der Waals surface area contributed by atoms with Gasteiger partial charge in [0.2, 0.25) is 12.2 Å². The van der Waals surface area contributed by atoms with Crippen molar-refractivity contribution in [2.24, 2.45) is 9.98 Å². The van der Waals surface area contributed by atoms with Gasteiger partial charge in [-0.1, -0.05) is 0 Å². The number of rotatable bonds is 8. The number of hydrogen-bond donors (Lipinski definition) is 0. The summed E-state index contributed by atoms with van der Waals surface area (Å²) in [4.78, 5) is 25.9. The topological polar surface area (TPSA) is 68.1 Å². The highest BCUT2D eigenvalue weighted by molar-refractivity contribution is 8.07. The van der Waals surface area contributed by atoms with Gasteiger partial charge in [0.05, 0.1) is 13.1 Å². The number of hydrogen-bond acceptors (Lipinski definition) is 7. The normalized spacial score (nSPS) is 8.62. The summed E-state index contributed by atoms with van der Waals surface area (Å²) in [5, 5.41) is 0. The molecule has 72 valence electrons. The highest BCUT2D eigenvalue weighted by Gasteiger charge is 1.90. The lowest BCUT2D eigenvalue weighted by Gasteiger charge is -1.96. The quantitative estimate of drug-likeness (QED) is 0.264. The van der Waals surface area contributed by atoms with Crippen LogP contribution in [0.2, 0.25) is 0 Å². The maximum Gasteiger partial charge on any atom is 0.234 e. The van der Waals surface area contributed by atoms with E-state index in [0.29, 0.717) is 24.6 Å². The van der Waals surface area contributed by atoms with Crippen LogP contribution in [-0.2, 0) is 13.2 Å². The van der Waals surface area contributed by atoms with Crippen molar-refractivity contribution in [3.8, 4) is 0 Å². The molecule has 5 nitrogen and oxygen atoms in total. The first-order valence-corrected chi connectivity index (χ1v) is 5.22. The SMILES string of the molecule is O=C=NCCSOSCCN=C=O. The van der Waals surface area contributed by atoms with E-state index >= 15 is 0 Å². The van der Waals surface area contributed by atoms with E-state index in [-0.39, 0.29) is 0 Å². The minimum absolute atomic E-state index is 0.404. The average Bonchev–Trinajstić information content (AvgIpc) is 2.16.